The van der Waals surface area contributed by atoms with E-state index in [9.17, 15) is 13.2 Å². The molecule has 0 aromatic carbocycles. The van der Waals surface area contributed by atoms with Crippen molar-refractivity contribution < 1.29 is 18.5 Å². The standard InChI is InChI=1S/C8H13ClF3N/c1-7(2,3)13-5-4-6(9)8(10,11)12/h4,13H,5H2,1-3H3/p+1/b6-4-. The zero-order valence-electron chi connectivity index (χ0n) is 7.87. The maximum Gasteiger partial charge on any atom is 0.426 e. The van der Waals surface area contributed by atoms with Crippen LogP contribution in [0.4, 0.5) is 13.2 Å². The van der Waals surface area contributed by atoms with Crippen LogP contribution in [0.5, 0.6) is 0 Å². The Morgan fingerprint density at radius 2 is 1.77 bits per heavy atom. The second-order valence-electron chi connectivity index (χ2n) is 3.86. The zero-order chi connectivity index (χ0) is 10.7. The van der Waals surface area contributed by atoms with Crippen LogP contribution in [0.25, 0.3) is 0 Å². The van der Waals surface area contributed by atoms with Gasteiger partial charge in [-0.1, -0.05) is 11.6 Å². The van der Waals surface area contributed by atoms with Crippen LogP contribution in [0.3, 0.4) is 0 Å². The van der Waals surface area contributed by atoms with Crippen molar-refractivity contribution in [3.8, 4) is 0 Å². The monoisotopic (exact) mass is 216 g/mol. The summed E-state index contributed by atoms with van der Waals surface area (Å²) < 4.78 is 35.6. The average Bonchev–Trinajstić information content (AvgIpc) is 1.82. The molecule has 0 atom stereocenters. The third-order valence-corrected chi connectivity index (χ3v) is 1.67. The fourth-order valence-corrected chi connectivity index (χ4v) is 0.721. The van der Waals surface area contributed by atoms with Gasteiger partial charge in [0.15, 0.2) is 0 Å². The van der Waals surface area contributed by atoms with Gasteiger partial charge in [0.2, 0.25) is 0 Å². The summed E-state index contributed by atoms with van der Waals surface area (Å²) >= 11 is 5.00. The Hall–Kier alpha value is -0.220. The molecule has 1 nitrogen and oxygen atoms in total. The van der Waals surface area contributed by atoms with Gasteiger partial charge in [0.1, 0.15) is 5.03 Å². The fourth-order valence-electron chi connectivity index (χ4n) is 0.632. The van der Waals surface area contributed by atoms with Gasteiger partial charge >= 0.3 is 6.18 Å². The van der Waals surface area contributed by atoms with Gasteiger partial charge in [0.05, 0.1) is 12.1 Å². The number of rotatable bonds is 2. The SMILES string of the molecule is CC(C)(C)[NH2+]C/C=C(\Cl)C(F)(F)F. The smallest absolute Gasteiger partial charge is 0.339 e. The van der Waals surface area contributed by atoms with Crippen LogP contribution >= 0.6 is 11.6 Å². The van der Waals surface area contributed by atoms with E-state index >= 15 is 0 Å². The molecule has 0 aromatic rings. The minimum atomic E-state index is -4.41. The van der Waals surface area contributed by atoms with Crippen molar-refractivity contribution in [2.24, 2.45) is 0 Å². The number of hydrogen-bond acceptors (Lipinski definition) is 0. The molecular weight excluding hydrogens is 203 g/mol. The molecule has 0 amide bonds. The van der Waals surface area contributed by atoms with Gasteiger partial charge in [0, 0.05) is 0 Å². The summed E-state index contributed by atoms with van der Waals surface area (Å²) in [4.78, 5) is 0. The third-order valence-electron chi connectivity index (χ3n) is 1.30. The van der Waals surface area contributed by atoms with Gasteiger partial charge in [-0.25, -0.2) is 0 Å². The Morgan fingerprint density at radius 3 is 2.08 bits per heavy atom. The molecule has 0 aromatic heterocycles. The lowest BCUT2D eigenvalue weighted by Crippen LogP contribution is -2.94. The molecule has 5 heteroatoms. The van der Waals surface area contributed by atoms with E-state index in [1.807, 2.05) is 20.8 Å². The number of halogens is 4. The molecule has 0 saturated carbocycles. The van der Waals surface area contributed by atoms with E-state index in [0.717, 1.165) is 6.08 Å². The first-order valence-corrected chi connectivity index (χ1v) is 4.28. The topological polar surface area (TPSA) is 16.6 Å². The van der Waals surface area contributed by atoms with E-state index in [1.165, 1.54) is 0 Å². The van der Waals surface area contributed by atoms with E-state index in [0.29, 0.717) is 0 Å². The molecule has 0 aliphatic heterocycles. The van der Waals surface area contributed by atoms with Gasteiger partial charge in [0.25, 0.3) is 0 Å². The number of quaternary nitrogens is 1. The number of hydrogen-bond donors (Lipinski definition) is 1. The summed E-state index contributed by atoms with van der Waals surface area (Å²) in [6, 6.07) is 0. The predicted molar refractivity (Wildman–Crippen MR) is 46.5 cm³/mol. The molecule has 13 heavy (non-hydrogen) atoms. The van der Waals surface area contributed by atoms with Crippen LogP contribution in [0.2, 0.25) is 0 Å². The molecular formula is C8H14ClF3N+. The highest BCUT2D eigenvalue weighted by molar-refractivity contribution is 6.30. The highest BCUT2D eigenvalue weighted by atomic mass is 35.5. The zero-order valence-corrected chi connectivity index (χ0v) is 8.63. The molecule has 0 rings (SSSR count). The second kappa shape index (κ2) is 4.33. The third kappa shape index (κ3) is 6.90. The number of nitrogens with two attached hydrogens (primary N) is 1. The van der Waals surface area contributed by atoms with E-state index in [1.54, 1.807) is 5.32 Å². The van der Waals surface area contributed by atoms with Crippen molar-refractivity contribution in [3.05, 3.63) is 11.1 Å². The quantitative estimate of drug-likeness (QED) is 0.728. The number of allylic oxidation sites excluding steroid dienone is 1. The van der Waals surface area contributed by atoms with Gasteiger partial charge in [-0.05, 0) is 26.8 Å². The van der Waals surface area contributed by atoms with E-state index < -0.39 is 11.2 Å². The first kappa shape index (κ1) is 12.8. The van der Waals surface area contributed by atoms with Crippen LogP contribution in [0.15, 0.2) is 11.1 Å². The average molecular weight is 217 g/mol. The Kier molecular flexibility index (Phi) is 4.26. The summed E-state index contributed by atoms with van der Waals surface area (Å²) in [6.45, 7) is 5.99. The molecule has 2 N–H and O–H groups in total. The minimum absolute atomic E-state index is 0.0841. The summed E-state index contributed by atoms with van der Waals surface area (Å²) in [6.07, 6.45) is -3.43. The molecule has 0 unspecified atom stereocenters. The van der Waals surface area contributed by atoms with Crippen LogP contribution in [-0.2, 0) is 0 Å². The van der Waals surface area contributed by atoms with Crippen LogP contribution < -0.4 is 5.32 Å². The normalized spacial score (nSPS) is 14.8. The molecule has 0 heterocycles. The Balaban J connectivity index is 4.00. The first-order valence-electron chi connectivity index (χ1n) is 3.90. The van der Waals surface area contributed by atoms with Crippen molar-refractivity contribution in [2.75, 3.05) is 6.54 Å². The molecule has 0 fully saturated rings. The Bertz CT molecular complexity index is 191. The summed E-state index contributed by atoms with van der Waals surface area (Å²) in [5.41, 5.74) is -0.0841. The van der Waals surface area contributed by atoms with Crippen LogP contribution in [0.1, 0.15) is 20.8 Å². The maximum atomic E-state index is 11.9. The molecule has 0 saturated heterocycles. The number of alkyl halides is 3. The van der Waals surface area contributed by atoms with Crippen molar-refractivity contribution >= 4 is 11.6 Å². The summed E-state index contributed by atoms with van der Waals surface area (Å²) in [5, 5.41) is 0.731. The van der Waals surface area contributed by atoms with E-state index in [-0.39, 0.29) is 12.1 Å². The van der Waals surface area contributed by atoms with Crippen molar-refractivity contribution in [2.45, 2.75) is 32.5 Å². The van der Waals surface area contributed by atoms with Gasteiger partial charge in [-0.15, -0.1) is 0 Å². The lowest BCUT2D eigenvalue weighted by Gasteiger charge is -2.15. The molecule has 0 aliphatic rings. The van der Waals surface area contributed by atoms with Crippen LogP contribution in [-0.4, -0.2) is 18.3 Å². The molecule has 0 bridgehead atoms. The van der Waals surface area contributed by atoms with Gasteiger partial charge in [-0.3, -0.25) is 0 Å². The Morgan fingerprint density at radius 1 is 1.31 bits per heavy atom. The molecule has 0 radical (unpaired) electrons. The second-order valence-corrected chi connectivity index (χ2v) is 4.26. The van der Waals surface area contributed by atoms with Crippen molar-refractivity contribution in [1.29, 1.82) is 0 Å². The highest BCUT2D eigenvalue weighted by Gasteiger charge is 2.32. The summed E-state index contributed by atoms with van der Waals surface area (Å²) in [5.74, 6) is 0. The lowest BCUT2D eigenvalue weighted by molar-refractivity contribution is -0.709. The lowest BCUT2D eigenvalue weighted by atomic mass is 10.1. The molecule has 0 spiro atoms. The van der Waals surface area contributed by atoms with Crippen molar-refractivity contribution in [1.82, 2.24) is 0 Å². The van der Waals surface area contributed by atoms with E-state index in [4.69, 9.17) is 11.6 Å². The predicted octanol–water partition coefficient (Wildman–Crippen LogP) is 2.03. The summed E-state index contributed by atoms with van der Waals surface area (Å²) in [7, 11) is 0. The van der Waals surface area contributed by atoms with Gasteiger partial charge in [-0.2, -0.15) is 13.2 Å². The molecule has 78 valence electrons. The Labute approximate surface area is 81.0 Å². The molecule has 0 aliphatic carbocycles. The fraction of sp³-hybridized carbons (Fsp3) is 0.750. The van der Waals surface area contributed by atoms with Crippen LogP contribution in [0, 0.1) is 0 Å². The first-order chi connectivity index (χ1) is 5.63. The maximum absolute atomic E-state index is 11.9. The minimum Gasteiger partial charge on any atom is -0.339 e. The largest absolute Gasteiger partial charge is 0.426 e. The van der Waals surface area contributed by atoms with Crippen molar-refractivity contribution in [3.63, 3.8) is 0 Å². The highest BCUT2D eigenvalue weighted by Crippen LogP contribution is 2.27. The van der Waals surface area contributed by atoms with Gasteiger partial charge < -0.3 is 5.32 Å². The van der Waals surface area contributed by atoms with E-state index in [2.05, 4.69) is 0 Å².